The Balaban J connectivity index is 2.44. The van der Waals surface area contributed by atoms with Crippen LogP contribution in [0.25, 0.3) is 0 Å². The quantitative estimate of drug-likeness (QED) is 0.839. The third kappa shape index (κ3) is 3.41. The molecule has 2 aromatic rings. The van der Waals surface area contributed by atoms with Crippen LogP contribution in [0.15, 0.2) is 28.1 Å². The van der Waals surface area contributed by atoms with Crippen LogP contribution in [0, 0.1) is 18.6 Å². The first-order valence-electron chi connectivity index (χ1n) is 5.96. The first kappa shape index (κ1) is 14.6. The Labute approximate surface area is 123 Å². The summed E-state index contributed by atoms with van der Waals surface area (Å²) in [5.74, 6) is -1.10. The van der Waals surface area contributed by atoms with Gasteiger partial charge in [0, 0.05) is 10.9 Å². The van der Waals surface area contributed by atoms with Crippen molar-refractivity contribution in [3.63, 3.8) is 0 Å². The normalized spacial score (nSPS) is 12.7. The van der Waals surface area contributed by atoms with Crippen LogP contribution in [-0.2, 0) is 0 Å². The molecule has 0 bridgehead atoms. The van der Waals surface area contributed by atoms with Crippen LogP contribution in [0.1, 0.15) is 29.0 Å². The highest BCUT2D eigenvalue weighted by atomic mass is 79.9. The monoisotopic (exact) mass is 345 g/mol. The first-order chi connectivity index (χ1) is 9.01. The summed E-state index contributed by atoms with van der Waals surface area (Å²) in [6.07, 6.45) is 0. The number of hydrogen-bond acceptors (Lipinski definition) is 2. The van der Waals surface area contributed by atoms with Gasteiger partial charge in [-0.2, -0.15) is 0 Å². The number of rotatable bonds is 4. The molecule has 0 fully saturated rings. The van der Waals surface area contributed by atoms with E-state index in [0.29, 0.717) is 5.56 Å². The number of thiophene rings is 1. The lowest BCUT2D eigenvalue weighted by molar-refractivity contribution is 0.567. The minimum absolute atomic E-state index is 0.190. The summed E-state index contributed by atoms with van der Waals surface area (Å²) in [6, 6.07) is 5.48. The zero-order valence-corrected chi connectivity index (χ0v) is 13.0. The summed E-state index contributed by atoms with van der Waals surface area (Å²) >= 11 is 5.06. The summed E-state index contributed by atoms with van der Waals surface area (Å²) < 4.78 is 27.8. The molecule has 0 saturated heterocycles. The summed E-state index contributed by atoms with van der Waals surface area (Å²) in [5.41, 5.74) is 1.73. The van der Waals surface area contributed by atoms with Gasteiger partial charge in [0.1, 0.15) is 11.6 Å². The van der Waals surface area contributed by atoms with Gasteiger partial charge in [0.2, 0.25) is 0 Å². The molecule has 0 saturated carbocycles. The Morgan fingerprint density at radius 3 is 2.32 bits per heavy atom. The average molecular weight is 346 g/mol. The summed E-state index contributed by atoms with van der Waals surface area (Å²) in [5, 5.41) is 3.27. The molecule has 0 radical (unpaired) electrons. The Hall–Kier alpha value is -0.780. The highest BCUT2D eigenvalue weighted by Gasteiger charge is 2.18. The Morgan fingerprint density at radius 1 is 1.21 bits per heavy atom. The van der Waals surface area contributed by atoms with Crippen molar-refractivity contribution in [2.75, 3.05) is 6.54 Å². The molecule has 19 heavy (non-hydrogen) atoms. The molecule has 102 valence electrons. The van der Waals surface area contributed by atoms with E-state index < -0.39 is 11.6 Å². The molecule has 1 aromatic heterocycles. The lowest BCUT2D eigenvalue weighted by atomic mass is 10.0. The second-order valence-electron chi connectivity index (χ2n) is 4.30. The second-order valence-corrected chi connectivity index (χ2v) is 6.70. The average Bonchev–Trinajstić information content (AvgIpc) is 2.65. The molecule has 0 aliphatic rings. The molecule has 0 aliphatic heterocycles. The molecular formula is C14H14BrF2NS. The minimum atomic E-state index is -0.551. The van der Waals surface area contributed by atoms with E-state index in [1.54, 1.807) is 11.3 Å². The molecule has 1 atom stereocenters. The molecule has 1 N–H and O–H groups in total. The molecule has 1 heterocycles. The fourth-order valence-corrected chi connectivity index (χ4v) is 3.63. The maximum atomic E-state index is 13.4. The maximum Gasteiger partial charge on any atom is 0.126 e. The van der Waals surface area contributed by atoms with Crippen LogP contribution in [0.2, 0.25) is 0 Å². The highest BCUT2D eigenvalue weighted by molar-refractivity contribution is 9.11. The van der Waals surface area contributed by atoms with Crippen molar-refractivity contribution >= 4 is 27.3 Å². The van der Waals surface area contributed by atoms with Gasteiger partial charge in [-0.3, -0.25) is 0 Å². The first-order valence-corrected chi connectivity index (χ1v) is 7.57. The van der Waals surface area contributed by atoms with E-state index >= 15 is 0 Å². The van der Waals surface area contributed by atoms with Gasteiger partial charge in [-0.05, 0) is 58.7 Å². The van der Waals surface area contributed by atoms with Crippen molar-refractivity contribution in [2.24, 2.45) is 0 Å². The zero-order valence-electron chi connectivity index (χ0n) is 10.6. The smallest absolute Gasteiger partial charge is 0.126 e. The molecular weight excluding hydrogens is 332 g/mol. The Bertz CT molecular complexity index is 543. The highest BCUT2D eigenvalue weighted by Crippen LogP contribution is 2.34. The fourth-order valence-electron chi connectivity index (χ4n) is 1.95. The summed E-state index contributed by atoms with van der Waals surface area (Å²) in [4.78, 5) is 1.04. The third-order valence-electron chi connectivity index (χ3n) is 2.79. The van der Waals surface area contributed by atoms with Crippen LogP contribution in [0.5, 0.6) is 0 Å². The number of halogens is 3. The summed E-state index contributed by atoms with van der Waals surface area (Å²) in [7, 11) is 0. The molecule has 1 unspecified atom stereocenters. The minimum Gasteiger partial charge on any atom is -0.306 e. The number of hydrogen-bond donors (Lipinski definition) is 1. The number of benzene rings is 1. The maximum absolute atomic E-state index is 13.4. The topological polar surface area (TPSA) is 12.0 Å². The molecule has 1 nitrogen and oxygen atoms in total. The van der Waals surface area contributed by atoms with Crippen LogP contribution in [-0.4, -0.2) is 6.54 Å². The predicted molar refractivity (Wildman–Crippen MR) is 78.6 cm³/mol. The lowest BCUT2D eigenvalue weighted by Gasteiger charge is -2.17. The second kappa shape index (κ2) is 6.11. The van der Waals surface area contributed by atoms with Crippen molar-refractivity contribution in [1.29, 1.82) is 0 Å². The van der Waals surface area contributed by atoms with Gasteiger partial charge in [-0.15, -0.1) is 11.3 Å². The van der Waals surface area contributed by atoms with Crippen molar-refractivity contribution in [2.45, 2.75) is 19.9 Å². The van der Waals surface area contributed by atoms with Gasteiger partial charge < -0.3 is 5.32 Å². The van der Waals surface area contributed by atoms with Gasteiger partial charge in [0.25, 0.3) is 0 Å². The van der Waals surface area contributed by atoms with E-state index in [-0.39, 0.29) is 6.04 Å². The van der Waals surface area contributed by atoms with E-state index in [0.717, 1.165) is 26.8 Å². The van der Waals surface area contributed by atoms with Gasteiger partial charge in [0.05, 0.1) is 9.83 Å². The third-order valence-corrected chi connectivity index (χ3v) is 4.99. The van der Waals surface area contributed by atoms with Crippen LogP contribution in [0.3, 0.4) is 0 Å². The van der Waals surface area contributed by atoms with Crippen molar-refractivity contribution in [3.05, 3.63) is 55.7 Å². The fraction of sp³-hybridized carbons (Fsp3) is 0.286. The van der Waals surface area contributed by atoms with E-state index in [2.05, 4.69) is 21.2 Å². The van der Waals surface area contributed by atoms with E-state index in [1.165, 1.54) is 12.1 Å². The molecule has 0 amide bonds. The Kier molecular flexibility index (Phi) is 4.71. The van der Waals surface area contributed by atoms with Crippen LogP contribution < -0.4 is 5.32 Å². The Morgan fingerprint density at radius 2 is 1.84 bits per heavy atom. The van der Waals surface area contributed by atoms with Crippen LogP contribution in [0.4, 0.5) is 8.78 Å². The number of aryl methyl sites for hydroxylation is 1. The molecule has 5 heteroatoms. The van der Waals surface area contributed by atoms with Crippen LogP contribution >= 0.6 is 27.3 Å². The zero-order chi connectivity index (χ0) is 14.0. The van der Waals surface area contributed by atoms with Gasteiger partial charge in [0.15, 0.2) is 0 Å². The van der Waals surface area contributed by atoms with Gasteiger partial charge in [-0.1, -0.05) is 6.92 Å². The van der Waals surface area contributed by atoms with Gasteiger partial charge >= 0.3 is 0 Å². The number of nitrogens with one attached hydrogen (secondary N) is 1. The van der Waals surface area contributed by atoms with Crippen molar-refractivity contribution in [3.8, 4) is 0 Å². The summed E-state index contributed by atoms with van der Waals surface area (Å²) in [6.45, 7) is 4.69. The van der Waals surface area contributed by atoms with Gasteiger partial charge in [-0.25, -0.2) is 8.78 Å². The molecule has 1 aromatic carbocycles. The molecule has 2 rings (SSSR count). The SMILES string of the molecule is CCNC(c1cc(F)cc(F)c1)c1cc(C)c(Br)s1. The van der Waals surface area contributed by atoms with Crippen molar-refractivity contribution in [1.82, 2.24) is 5.32 Å². The van der Waals surface area contributed by atoms with Crippen molar-refractivity contribution < 1.29 is 8.78 Å². The largest absolute Gasteiger partial charge is 0.306 e. The van der Waals surface area contributed by atoms with E-state index in [9.17, 15) is 8.78 Å². The predicted octanol–water partition coefficient (Wildman–Crippen LogP) is 4.80. The lowest BCUT2D eigenvalue weighted by Crippen LogP contribution is -2.21. The van der Waals surface area contributed by atoms with E-state index in [4.69, 9.17) is 0 Å². The van der Waals surface area contributed by atoms with E-state index in [1.807, 2.05) is 19.9 Å². The molecule has 0 aliphatic carbocycles. The molecule has 0 spiro atoms. The standard InChI is InChI=1S/C14H14BrF2NS/c1-3-18-13(12-4-8(2)14(15)19-12)9-5-10(16)7-11(17)6-9/h4-7,13,18H,3H2,1-2H3.